The van der Waals surface area contributed by atoms with Crippen LogP contribution in [-0.2, 0) is 7.05 Å². The first-order valence-electron chi connectivity index (χ1n) is 9.04. The van der Waals surface area contributed by atoms with Gasteiger partial charge in [-0.15, -0.1) is 0 Å². The van der Waals surface area contributed by atoms with E-state index in [1.165, 1.54) is 5.56 Å². The highest BCUT2D eigenvalue weighted by Crippen LogP contribution is 2.33. The number of aromatic nitrogens is 4. The molecule has 2 atom stereocenters. The zero-order valence-corrected chi connectivity index (χ0v) is 15.5. The zero-order valence-electron chi connectivity index (χ0n) is 15.5. The van der Waals surface area contributed by atoms with Crippen LogP contribution < -0.4 is 5.32 Å². The Kier molecular flexibility index (Phi) is 5.11. The van der Waals surface area contributed by atoms with E-state index in [1.54, 1.807) is 10.9 Å². The van der Waals surface area contributed by atoms with Crippen LogP contribution in [0.15, 0.2) is 12.4 Å². The Morgan fingerprint density at radius 1 is 1.36 bits per heavy atom. The Morgan fingerprint density at radius 2 is 2.16 bits per heavy atom. The van der Waals surface area contributed by atoms with Gasteiger partial charge in [-0.05, 0) is 33.6 Å². The van der Waals surface area contributed by atoms with Gasteiger partial charge in [0.05, 0.1) is 24.0 Å². The number of hydrogen-bond donors (Lipinski definition) is 2. The molecule has 7 nitrogen and oxygen atoms in total. The van der Waals surface area contributed by atoms with Gasteiger partial charge in [0.2, 0.25) is 0 Å². The van der Waals surface area contributed by atoms with Crippen molar-refractivity contribution in [3.8, 4) is 0 Å². The van der Waals surface area contributed by atoms with Crippen molar-refractivity contribution in [2.75, 3.05) is 6.54 Å². The fourth-order valence-electron chi connectivity index (χ4n) is 3.72. The summed E-state index contributed by atoms with van der Waals surface area (Å²) in [4.78, 5) is 15.0. The third-order valence-electron chi connectivity index (χ3n) is 5.10. The summed E-state index contributed by atoms with van der Waals surface area (Å²) in [5.41, 5.74) is 4.23. The molecule has 3 rings (SSSR count). The van der Waals surface area contributed by atoms with Gasteiger partial charge in [-0.3, -0.25) is 9.78 Å². The van der Waals surface area contributed by atoms with E-state index in [0.29, 0.717) is 0 Å². The van der Waals surface area contributed by atoms with Crippen LogP contribution >= 0.6 is 0 Å². The summed E-state index contributed by atoms with van der Waals surface area (Å²) in [5.74, 6) is 0. The first kappa shape index (κ1) is 17.5. The SMILES string of the molecule is Cc1n[nH]c(C)c1[C@H]1CCCCCN1C(=O)N[C@@H](C)c1cnn(C)c1. The average Bonchev–Trinajstić information content (AvgIpc) is 3.05. The van der Waals surface area contributed by atoms with Crippen molar-refractivity contribution in [3.63, 3.8) is 0 Å². The number of carbonyl (C=O) groups excluding carboxylic acids is 1. The maximum Gasteiger partial charge on any atom is 0.318 e. The van der Waals surface area contributed by atoms with Crippen LogP contribution in [0.2, 0.25) is 0 Å². The van der Waals surface area contributed by atoms with Gasteiger partial charge in [0.15, 0.2) is 0 Å². The summed E-state index contributed by atoms with van der Waals surface area (Å²) in [7, 11) is 1.88. The summed E-state index contributed by atoms with van der Waals surface area (Å²) < 4.78 is 1.75. The van der Waals surface area contributed by atoms with Crippen LogP contribution in [0.25, 0.3) is 0 Å². The monoisotopic (exact) mass is 344 g/mol. The molecule has 136 valence electrons. The van der Waals surface area contributed by atoms with Gasteiger partial charge in [-0.2, -0.15) is 10.2 Å². The van der Waals surface area contributed by atoms with Crippen LogP contribution in [0.1, 0.15) is 67.2 Å². The first-order chi connectivity index (χ1) is 12.0. The third-order valence-corrected chi connectivity index (χ3v) is 5.10. The van der Waals surface area contributed by atoms with Crippen LogP contribution in [0.4, 0.5) is 4.79 Å². The predicted molar refractivity (Wildman–Crippen MR) is 96.1 cm³/mol. The third kappa shape index (κ3) is 3.70. The lowest BCUT2D eigenvalue weighted by Crippen LogP contribution is -2.43. The Labute approximate surface area is 148 Å². The highest BCUT2D eigenvalue weighted by atomic mass is 16.2. The second-order valence-corrected chi connectivity index (χ2v) is 7.02. The smallest absolute Gasteiger partial charge is 0.318 e. The number of aryl methyl sites for hydroxylation is 3. The quantitative estimate of drug-likeness (QED) is 0.898. The van der Waals surface area contributed by atoms with Crippen molar-refractivity contribution in [1.82, 2.24) is 30.2 Å². The molecule has 3 heterocycles. The van der Waals surface area contributed by atoms with Crippen molar-refractivity contribution in [3.05, 3.63) is 34.9 Å². The van der Waals surface area contributed by atoms with Crippen LogP contribution in [-0.4, -0.2) is 37.5 Å². The lowest BCUT2D eigenvalue weighted by molar-refractivity contribution is 0.172. The Balaban J connectivity index is 1.80. The zero-order chi connectivity index (χ0) is 18.0. The number of carbonyl (C=O) groups is 1. The summed E-state index contributed by atoms with van der Waals surface area (Å²) in [6, 6.07) is 0.00208. The Hall–Kier alpha value is -2.31. The number of nitrogens with zero attached hydrogens (tertiary/aromatic N) is 4. The molecule has 0 aliphatic carbocycles. The standard InChI is InChI=1S/C18H28N6O/c1-12(15-10-19-23(4)11-15)20-18(25)24-9-7-5-6-8-16(24)17-13(2)21-22-14(17)3/h10-12,16H,5-9H2,1-4H3,(H,20,25)(H,21,22)/t12-,16+/m0/s1. The maximum absolute atomic E-state index is 13.0. The van der Waals surface area contributed by atoms with E-state index < -0.39 is 0 Å². The van der Waals surface area contributed by atoms with Crippen molar-refractivity contribution in [1.29, 1.82) is 0 Å². The summed E-state index contributed by atoms with van der Waals surface area (Å²) in [6.07, 6.45) is 8.06. The highest BCUT2D eigenvalue weighted by Gasteiger charge is 2.30. The number of likely N-dealkylation sites (tertiary alicyclic amines) is 1. The van der Waals surface area contributed by atoms with Crippen molar-refractivity contribution >= 4 is 6.03 Å². The van der Waals surface area contributed by atoms with Crippen molar-refractivity contribution in [2.24, 2.45) is 7.05 Å². The molecule has 0 bridgehead atoms. The molecule has 0 unspecified atom stereocenters. The maximum atomic E-state index is 13.0. The molecule has 1 aliphatic heterocycles. The molecule has 0 saturated carbocycles. The van der Waals surface area contributed by atoms with Gasteiger partial charge in [0.1, 0.15) is 0 Å². The molecule has 2 aromatic heterocycles. The van der Waals surface area contributed by atoms with E-state index in [9.17, 15) is 4.79 Å². The van der Waals surface area contributed by atoms with Crippen molar-refractivity contribution in [2.45, 2.75) is 58.5 Å². The van der Waals surface area contributed by atoms with Gasteiger partial charge in [0.25, 0.3) is 0 Å². The number of rotatable bonds is 3. The van der Waals surface area contributed by atoms with E-state index in [1.807, 2.05) is 38.9 Å². The van der Waals surface area contributed by atoms with Gasteiger partial charge in [0, 0.05) is 36.6 Å². The minimum Gasteiger partial charge on any atom is -0.331 e. The number of H-pyrrole nitrogens is 1. The van der Waals surface area contributed by atoms with Gasteiger partial charge < -0.3 is 10.2 Å². The number of hydrogen-bond acceptors (Lipinski definition) is 3. The lowest BCUT2D eigenvalue weighted by atomic mass is 9.99. The van der Waals surface area contributed by atoms with Crippen molar-refractivity contribution < 1.29 is 4.79 Å². The molecular weight excluding hydrogens is 316 g/mol. The summed E-state index contributed by atoms with van der Waals surface area (Å²) >= 11 is 0. The molecule has 0 spiro atoms. The fourth-order valence-corrected chi connectivity index (χ4v) is 3.72. The van der Waals surface area contributed by atoms with Gasteiger partial charge in [-0.1, -0.05) is 12.8 Å². The predicted octanol–water partition coefficient (Wildman–Crippen LogP) is 3.15. The molecule has 25 heavy (non-hydrogen) atoms. The minimum atomic E-state index is -0.0725. The molecule has 2 amide bonds. The van der Waals surface area contributed by atoms with Crippen LogP contribution in [0.3, 0.4) is 0 Å². The van der Waals surface area contributed by atoms with E-state index in [-0.39, 0.29) is 18.1 Å². The van der Waals surface area contributed by atoms with E-state index in [4.69, 9.17) is 0 Å². The summed E-state index contributed by atoms with van der Waals surface area (Å²) in [6.45, 7) is 6.82. The van der Waals surface area contributed by atoms with Crippen LogP contribution in [0.5, 0.6) is 0 Å². The van der Waals surface area contributed by atoms with Gasteiger partial charge >= 0.3 is 6.03 Å². The Morgan fingerprint density at radius 3 is 2.80 bits per heavy atom. The fraction of sp³-hybridized carbons (Fsp3) is 0.611. The first-order valence-corrected chi connectivity index (χ1v) is 9.04. The normalized spacial score (nSPS) is 19.5. The number of urea groups is 1. The molecule has 7 heteroatoms. The molecule has 1 saturated heterocycles. The number of nitrogens with one attached hydrogen (secondary N) is 2. The van der Waals surface area contributed by atoms with E-state index in [2.05, 4.69) is 20.6 Å². The molecule has 0 radical (unpaired) electrons. The molecule has 0 aromatic carbocycles. The Bertz CT molecular complexity index is 714. The molecule has 2 aromatic rings. The largest absolute Gasteiger partial charge is 0.331 e. The topological polar surface area (TPSA) is 78.8 Å². The molecular formula is C18H28N6O. The molecule has 1 aliphatic rings. The minimum absolute atomic E-state index is 0.0109. The highest BCUT2D eigenvalue weighted by molar-refractivity contribution is 5.75. The second-order valence-electron chi connectivity index (χ2n) is 7.02. The van der Waals surface area contributed by atoms with Crippen LogP contribution in [0, 0.1) is 13.8 Å². The lowest BCUT2D eigenvalue weighted by Gasteiger charge is -2.31. The molecule has 2 N–H and O–H groups in total. The second kappa shape index (κ2) is 7.29. The number of aromatic amines is 1. The van der Waals surface area contributed by atoms with Gasteiger partial charge in [-0.25, -0.2) is 4.79 Å². The summed E-state index contributed by atoms with van der Waals surface area (Å²) in [5, 5.41) is 14.7. The molecule has 1 fully saturated rings. The number of amides is 2. The average molecular weight is 344 g/mol. The van der Waals surface area contributed by atoms with E-state index in [0.717, 1.165) is 49.2 Å². The van der Waals surface area contributed by atoms with E-state index >= 15 is 0 Å².